The van der Waals surface area contributed by atoms with E-state index >= 15 is 0 Å². The van der Waals surface area contributed by atoms with Gasteiger partial charge in [0.15, 0.2) is 6.10 Å². The minimum atomic E-state index is -1.06. The third kappa shape index (κ3) is 2.18. The van der Waals surface area contributed by atoms with Gasteiger partial charge in [0, 0.05) is 21.2 Å². The minimum Gasteiger partial charge on any atom is -0.451 e. The number of halogens is 2. The molecule has 1 N–H and O–H groups in total. The molecule has 5 heteroatoms. The molecule has 0 radical (unpaired) electrons. The summed E-state index contributed by atoms with van der Waals surface area (Å²) >= 11 is 12.0. The average molecular weight is 309 g/mol. The van der Waals surface area contributed by atoms with Gasteiger partial charge in [0.1, 0.15) is 6.10 Å². The predicted octanol–water partition coefficient (Wildman–Crippen LogP) is 3.94. The van der Waals surface area contributed by atoms with Crippen LogP contribution in [-0.4, -0.2) is 11.1 Å². The van der Waals surface area contributed by atoms with E-state index in [1.807, 2.05) is 0 Å². The summed E-state index contributed by atoms with van der Waals surface area (Å²) in [6, 6.07) is 11.8. The molecule has 1 aliphatic rings. The number of benzene rings is 2. The van der Waals surface area contributed by atoms with E-state index in [2.05, 4.69) is 0 Å². The van der Waals surface area contributed by atoms with E-state index in [4.69, 9.17) is 27.9 Å². The van der Waals surface area contributed by atoms with Crippen LogP contribution in [0.3, 0.4) is 0 Å². The topological polar surface area (TPSA) is 46.5 Å². The van der Waals surface area contributed by atoms with Crippen LogP contribution in [0, 0.1) is 0 Å². The Morgan fingerprint density at radius 1 is 1.15 bits per heavy atom. The van der Waals surface area contributed by atoms with Crippen molar-refractivity contribution in [1.82, 2.24) is 0 Å². The normalized spacial score (nSPS) is 18.6. The van der Waals surface area contributed by atoms with Gasteiger partial charge in [-0.05, 0) is 24.3 Å². The molecule has 0 spiro atoms. The van der Waals surface area contributed by atoms with E-state index in [-0.39, 0.29) is 0 Å². The van der Waals surface area contributed by atoms with Crippen molar-refractivity contribution in [2.75, 3.05) is 0 Å². The predicted molar refractivity (Wildman–Crippen MR) is 76.0 cm³/mol. The van der Waals surface area contributed by atoms with Crippen LogP contribution in [-0.2, 0) is 4.74 Å². The van der Waals surface area contributed by atoms with Crippen LogP contribution in [0.2, 0.25) is 10.0 Å². The van der Waals surface area contributed by atoms with E-state index in [0.29, 0.717) is 26.7 Å². The summed E-state index contributed by atoms with van der Waals surface area (Å²) in [7, 11) is 0. The highest BCUT2D eigenvalue weighted by Gasteiger charge is 2.37. The molecule has 0 saturated carbocycles. The van der Waals surface area contributed by atoms with Crippen LogP contribution in [0.5, 0.6) is 0 Å². The van der Waals surface area contributed by atoms with Gasteiger partial charge in [-0.2, -0.15) is 0 Å². The third-order valence-electron chi connectivity index (χ3n) is 3.28. The second-order valence-electron chi connectivity index (χ2n) is 4.52. The molecule has 3 rings (SSSR count). The first kappa shape index (κ1) is 13.4. The van der Waals surface area contributed by atoms with Crippen molar-refractivity contribution in [1.29, 1.82) is 0 Å². The number of carbonyl (C=O) groups excluding carboxylic acids is 1. The van der Waals surface area contributed by atoms with Gasteiger partial charge in [-0.3, -0.25) is 0 Å². The van der Waals surface area contributed by atoms with Gasteiger partial charge in [-0.1, -0.05) is 41.4 Å². The highest BCUT2D eigenvalue weighted by Crippen LogP contribution is 2.41. The maximum atomic E-state index is 11.8. The van der Waals surface area contributed by atoms with Crippen molar-refractivity contribution in [3.05, 3.63) is 69.2 Å². The van der Waals surface area contributed by atoms with Crippen molar-refractivity contribution < 1.29 is 14.6 Å². The number of hydrogen-bond donors (Lipinski definition) is 1. The highest BCUT2D eigenvalue weighted by atomic mass is 35.5. The van der Waals surface area contributed by atoms with Crippen LogP contribution in [0.15, 0.2) is 42.5 Å². The number of rotatable bonds is 2. The highest BCUT2D eigenvalue weighted by molar-refractivity contribution is 6.33. The molecule has 0 unspecified atom stereocenters. The van der Waals surface area contributed by atoms with E-state index in [9.17, 15) is 9.90 Å². The van der Waals surface area contributed by atoms with E-state index in [1.54, 1.807) is 42.5 Å². The second-order valence-corrected chi connectivity index (χ2v) is 5.37. The standard InChI is InChI=1S/C15H10Cl2O3/c16-8-5-6-12(17)11(7-8)13(18)14-9-3-1-2-4-10(9)15(19)20-14/h1-7,13-14,18H/t13-,14+/m1/s1. The Labute approximate surface area is 125 Å². The SMILES string of the molecule is O=C1O[C@H]([C@H](O)c2cc(Cl)ccc2Cl)c2ccccc21. The van der Waals surface area contributed by atoms with Gasteiger partial charge >= 0.3 is 5.97 Å². The lowest BCUT2D eigenvalue weighted by Crippen LogP contribution is -2.11. The number of cyclic esters (lactones) is 1. The number of aliphatic hydroxyl groups is 1. The summed E-state index contributed by atoms with van der Waals surface area (Å²) in [5, 5.41) is 11.3. The summed E-state index contributed by atoms with van der Waals surface area (Å²) in [4.78, 5) is 11.8. The zero-order valence-electron chi connectivity index (χ0n) is 10.2. The lowest BCUT2D eigenvalue weighted by molar-refractivity contribution is -0.0102. The van der Waals surface area contributed by atoms with Crippen LogP contribution in [0.25, 0.3) is 0 Å². The van der Waals surface area contributed by atoms with E-state index in [1.165, 1.54) is 0 Å². The number of hydrogen-bond acceptors (Lipinski definition) is 3. The fourth-order valence-electron chi connectivity index (χ4n) is 2.31. The summed E-state index contributed by atoms with van der Waals surface area (Å²) in [6.45, 7) is 0. The Morgan fingerprint density at radius 2 is 1.90 bits per heavy atom. The van der Waals surface area contributed by atoms with Crippen LogP contribution in [0.1, 0.15) is 33.7 Å². The Morgan fingerprint density at radius 3 is 2.70 bits per heavy atom. The zero-order chi connectivity index (χ0) is 14.3. The van der Waals surface area contributed by atoms with Crippen LogP contribution < -0.4 is 0 Å². The van der Waals surface area contributed by atoms with Crippen LogP contribution in [0.4, 0.5) is 0 Å². The monoisotopic (exact) mass is 308 g/mol. The Bertz CT molecular complexity index is 685. The van der Waals surface area contributed by atoms with Crippen molar-refractivity contribution in [2.24, 2.45) is 0 Å². The molecule has 1 aliphatic heterocycles. The number of carbonyl (C=O) groups is 1. The minimum absolute atomic E-state index is 0.377. The van der Waals surface area contributed by atoms with Crippen molar-refractivity contribution in [2.45, 2.75) is 12.2 Å². The summed E-state index contributed by atoms with van der Waals surface area (Å²) < 4.78 is 5.25. The number of aliphatic hydroxyl groups excluding tert-OH is 1. The average Bonchev–Trinajstić information content (AvgIpc) is 2.79. The molecule has 0 aromatic heterocycles. The zero-order valence-corrected chi connectivity index (χ0v) is 11.7. The lowest BCUT2D eigenvalue weighted by Gasteiger charge is -2.19. The molecule has 0 saturated heterocycles. The molecule has 1 heterocycles. The Hall–Kier alpha value is -1.55. The maximum Gasteiger partial charge on any atom is 0.339 e. The molecule has 3 nitrogen and oxygen atoms in total. The second kappa shape index (κ2) is 5.09. The molecular weight excluding hydrogens is 299 g/mol. The molecule has 0 amide bonds. The number of ether oxygens (including phenoxy) is 1. The number of fused-ring (bicyclic) bond motifs is 1. The third-order valence-corrected chi connectivity index (χ3v) is 3.86. The summed E-state index contributed by atoms with van der Waals surface area (Å²) in [5.41, 5.74) is 1.56. The molecule has 20 heavy (non-hydrogen) atoms. The van der Waals surface area contributed by atoms with Crippen molar-refractivity contribution >= 4 is 29.2 Å². The van der Waals surface area contributed by atoms with Gasteiger partial charge in [-0.25, -0.2) is 4.79 Å². The van der Waals surface area contributed by atoms with Gasteiger partial charge in [-0.15, -0.1) is 0 Å². The fourth-order valence-corrected chi connectivity index (χ4v) is 2.72. The molecule has 2 aromatic rings. The molecule has 0 fully saturated rings. The van der Waals surface area contributed by atoms with E-state index < -0.39 is 18.2 Å². The molecule has 102 valence electrons. The molecular formula is C15H10Cl2O3. The Kier molecular flexibility index (Phi) is 3.42. The van der Waals surface area contributed by atoms with Crippen molar-refractivity contribution in [3.8, 4) is 0 Å². The first-order valence-electron chi connectivity index (χ1n) is 6.01. The van der Waals surface area contributed by atoms with Crippen molar-refractivity contribution in [3.63, 3.8) is 0 Å². The molecule has 0 aliphatic carbocycles. The summed E-state index contributed by atoms with van der Waals surface area (Å²) in [5.74, 6) is -0.442. The first-order chi connectivity index (χ1) is 9.58. The smallest absolute Gasteiger partial charge is 0.339 e. The van der Waals surface area contributed by atoms with Gasteiger partial charge < -0.3 is 9.84 Å². The molecule has 0 bridgehead atoms. The summed E-state index contributed by atoms with van der Waals surface area (Å²) in [6.07, 6.45) is -1.83. The number of esters is 1. The van der Waals surface area contributed by atoms with E-state index in [0.717, 1.165) is 0 Å². The van der Waals surface area contributed by atoms with Gasteiger partial charge in [0.25, 0.3) is 0 Å². The van der Waals surface area contributed by atoms with Gasteiger partial charge in [0.05, 0.1) is 5.56 Å². The quantitative estimate of drug-likeness (QED) is 0.855. The van der Waals surface area contributed by atoms with Crippen LogP contribution >= 0.6 is 23.2 Å². The molecule has 2 atom stereocenters. The molecule has 2 aromatic carbocycles. The first-order valence-corrected chi connectivity index (χ1v) is 6.76. The Balaban J connectivity index is 2.02. The fraction of sp³-hybridized carbons (Fsp3) is 0.133. The maximum absolute atomic E-state index is 11.8. The lowest BCUT2D eigenvalue weighted by atomic mass is 9.97. The van der Waals surface area contributed by atoms with Gasteiger partial charge in [0.2, 0.25) is 0 Å². The largest absolute Gasteiger partial charge is 0.451 e.